The van der Waals surface area contributed by atoms with E-state index in [1.54, 1.807) is 0 Å². The SMILES string of the molecule is Cc1cc(C(=O)Nc2ccc3ccccc3c2)ccc1Br. The number of carbonyl (C=O) groups excluding carboxylic acids is 1. The average Bonchev–Trinajstić information content (AvgIpc) is 2.50. The molecule has 0 aliphatic rings. The number of carbonyl (C=O) groups is 1. The van der Waals surface area contributed by atoms with Crippen LogP contribution >= 0.6 is 15.9 Å². The molecule has 3 aromatic carbocycles. The third-order valence-corrected chi connectivity index (χ3v) is 4.32. The molecule has 0 aliphatic carbocycles. The van der Waals surface area contributed by atoms with Crippen molar-refractivity contribution in [1.29, 1.82) is 0 Å². The van der Waals surface area contributed by atoms with Crippen LogP contribution in [0.4, 0.5) is 5.69 Å². The molecule has 1 amide bonds. The van der Waals surface area contributed by atoms with Gasteiger partial charge in [0.2, 0.25) is 0 Å². The number of benzene rings is 3. The van der Waals surface area contributed by atoms with Gasteiger partial charge in [0.15, 0.2) is 0 Å². The van der Waals surface area contributed by atoms with Crippen molar-refractivity contribution in [3.8, 4) is 0 Å². The van der Waals surface area contributed by atoms with Crippen molar-refractivity contribution in [3.05, 3.63) is 76.3 Å². The minimum Gasteiger partial charge on any atom is -0.322 e. The van der Waals surface area contributed by atoms with E-state index < -0.39 is 0 Å². The van der Waals surface area contributed by atoms with Gasteiger partial charge in [0.05, 0.1) is 0 Å². The highest BCUT2D eigenvalue weighted by molar-refractivity contribution is 9.10. The normalized spacial score (nSPS) is 10.6. The van der Waals surface area contributed by atoms with Gasteiger partial charge in [-0.3, -0.25) is 4.79 Å². The molecule has 0 aliphatic heterocycles. The number of hydrogen-bond acceptors (Lipinski definition) is 1. The number of amides is 1. The number of rotatable bonds is 2. The quantitative estimate of drug-likeness (QED) is 0.686. The van der Waals surface area contributed by atoms with Gasteiger partial charge in [-0.1, -0.05) is 46.3 Å². The molecular weight excluding hydrogens is 326 g/mol. The lowest BCUT2D eigenvalue weighted by Gasteiger charge is -2.08. The molecule has 104 valence electrons. The number of fused-ring (bicyclic) bond motifs is 1. The Morgan fingerprint density at radius 3 is 2.48 bits per heavy atom. The highest BCUT2D eigenvalue weighted by Crippen LogP contribution is 2.21. The highest BCUT2D eigenvalue weighted by atomic mass is 79.9. The maximum Gasteiger partial charge on any atom is 0.255 e. The van der Waals surface area contributed by atoms with E-state index in [1.807, 2.05) is 61.5 Å². The third-order valence-electron chi connectivity index (χ3n) is 3.43. The lowest BCUT2D eigenvalue weighted by atomic mass is 10.1. The van der Waals surface area contributed by atoms with Crippen LogP contribution in [0.25, 0.3) is 10.8 Å². The maximum absolute atomic E-state index is 12.3. The first kappa shape index (κ1) is 13.8. The van der Waals surface area contributed by atoms with Crippen LogP contribution in [0.15, 0.2) is 65.1 Å². The van der Waals surface area contributed by atoms with Crippen LogP contribution in [0, 0.1) is 6.92 Å². The van der Waals surface area contributed by atoms with E-state index in [2.05, 4.69) is 27.3 Å². The topological polar surface area (TPSA) is 29.1 Å². The number of hydrogen-bond donors (Lipinski definition) is 1. The largest absolute Gasteiger partial charge is 0.322 e. The van der Waals surface area contributed by atoms with Crippen LogP contribution in [-0.2, 0) is 0 Å². The molecule has 0 saturated carbocycles. The molecular formula is C18H14BrNO. The van der Waals surface area contributed by atoms with Crippen LogP contribution in [0.3, 0.4) is 0 Å². The Hall–Kier alpha value is -2.13. The summed E-state index contributed by atoms with van der Waals surface area (Å²) in [6.07, 6.45) is 0. The molecule has 0 fully saturated rings. The summed E-state index contributed by atoms with van der Waals surface area (Å²) in [4.78, 5) is 12.3. The second-order valence-electron chi connectivity index (χ2n) is 4.98. The van der Waals surface area contributed by atoms with Crippen LogP contribution in [0.1, 0.15) is 15.9 Å². The van der Waals surface area contributed by atoms with Crippen LogP contribution in [-0.4, -0.2) is 5.91 Å². The molecule has 3 rings (SSSR count). The van der Waals surface area contributed by atoms with E-state index in [9.17, 15) is 4.79 Å². The van der Waals surface area contributed by atoms with Crippen molar-refractivity contribution in [2.75, 3.05) is 5.32 Å². The smallest absolute Gasteiger partial charge is 0.255 e. The zero-order chi connectivity index (χ0) is 14.8. The average molecular weight is 340 g/mol. The Labute approximate surface area is 131 Å². The van der Waals surface area contributed by atoms with Crippen molar-refractivity contribution in [2.45, 2.75) is 6.92 Å². The first-order valence-corrected chi connectivity index (χ1v) is 7.49. The third kappa shape index (κ3) is 2.98. The minimum atomic E-state index is -0.0964. The van der Waals surface area contributed by atoms with Crippen molar-refractivity contribution >= 4 is 38.3 Å². The van der Waals surface area contributed by atoms with Crippen LogP contribution in [0.2, 0.25) is 0 Å². The molecule has 3 heteroatoms. The second-order valence-corrected chi connectivity index (χ2v) is 5.83. The fraction of sp³-hybridized carbons (Fsp3) is 0.0556. The molecule has 0 heterocycles. The lowest BCUT2D eigenvalue weighted by molar-refractivity contribution is 0.102. The van der Waals surface area contributed by atoms with Gasteiger partial charge in [-0.05, 0) is 53.6 Å². The molecule has 0 radical (unpaired) electrons. The van der Waals surface area contributed by atoms with Crippen molar-refractivity contribution in [3.63, 3.8) is 0 Å². The van der Waals surface area contributed by atoms with Gasteiger partial charge in [0, 0.05) is 15.7 Å². The number of nitrogens with one attached hydrogen (secondary N) is 1. The molecule has 0 aromatic heterocycles. The summed E-state index contributed by atoms with van der Waals surface area (Å²) in [6.45, 7) is 1.97. The van der Waals surface area contributed by atoms with Gasteiger partial charge in [-0.25, -0.2) is 0 Å². The highest BCUT2D eigenvalue weighted by Gasteiger charge is 2.07. The van der Waals surface area contributed by atoms with E-state index >= 15 is 0 Å². The van der Waals surface area contributed by atoms with Gasteiger partial charge < -0.3 is 5.32 Å². The monoisotopic (exact) mass is 339 g/mol. The first-order valence-electron chi connectivity index (χ1n) is 6.70. The van der Waals surface area contributed by atoms with Gasteiger partial charge in [0.25, 0.3) is 5.91 Å². The molecule has 1 N–H and O–H groups in total. The number of halogens is 1. The number of aryl methyl sites for hydroxylation is 1. The summed E-state index contributed by atoms with van der Waals surface area (Å²) in [5.41, 5.74) is 2.50. The van der Waals surface area contributed by atoms with Gasteiger partial charge >= 0.3 is 0 Å². The summed E-state index contributed by atoms with van der Waals surface area (Å²) in [5.74, 6) is -0.0964. The van der Waals surface area contributed by atoms with Gasteiger partial charge in [-0.2, -0.15) is 0 Å². The Morgan fingerprint density at radius 2 is 1.71 bits per heavy atom. The summed E-state index contributed by atoms with van der Waals surface area (Å²) in [6, 6.07) is 19.6. The Bertz CT molecular complexity index is 826. The van der Waals surface area contributed by atoms with Crippen molar-refractivity contribution in [2.24, 2.45) is 0 Å². The van der Waals surface area contributed by atoms with E-state index in [-0.39, 0.29) is 5.91 Å². The summed E-state index contributed by atoms with van der Waals surface area (Å²) < 4.78 is 1.00. The van der Waals surface area contributed by atoms with Crippen LogP contribution < -0.4 is 5.32 Å². The number of anilines is 1. The molecule has 3 aromatic rings. The first-order chi connectivity index (χ1) is 10.1. The molecule has 0 saturated heterocycles. The molecule has 0 unspecified atom stereocenters. The van der Waals surface area contributed by atoms with Crippen molar-refractivity contribution < 1.29 is 4.79 Å². The fourth-order valence-electron chi connectivity index (χ4n) is 2.26. The molecule has 0 bridgehead atoms. The minimum absolute atomic E-state index is 0.0964. The summed E-state index contributed by atoms with van der Waals surface area (Å²) in [5, 5.41) is 5.22. The Morgan fingerprint density at radius 1 is 0.952 bits per heavy atom. The standard InChI is InChI=1S/C18H14BrNO/c1-12-10-15(7-9-17(12)19)18(21)20-16-8-6-13-4-2-3-5-14(13)11-16/h2-11H,1H3,(H,20,21). The predicted octanol–water partition coefficient (Wildman–Crippen LogP) is 5.16. The predicted molar refractivity (Wildman–Crippen MR) is 90.8 cm³/mol. The fourth-order valence-corrected chi connectivity index (χ4v) is 2.50. The van der Waals surface area contributed by atoms with E-state index in [0.717, 1.165) is 26.5 Å². The van der Waals surface area contributed by atoms with Gasteiger partial charge in [0.1, 0.15) is 0 Å². The molecule has 0 atom stereocenters. The van der Waals surface area contributed by atoms with Crippen molar-refractivity contribution in [1.82, 2.24) is 0 Å². The zero-order valence-electron chi connectivity index (χ0n) is 11.6. The van der Waals surface area contributed by atoms with E-state index in [4.69, 9.17) is 0 Å². The second kappa shape index (κ2) is 5.70. The molecule has 2 nitrogen and oxygen atoms in total. The molecule has 0 spiro atoms. The van der Waals surface area contributed by atoms with E-state index in [0.29, 0.717) is 5.56 Å². The van der Waals surface area contributed by atoms with E-state index in [1.165, 1.54) is 0 Å². The zero-order valence-corrected chi connectivity index (χ0v) is 13.1. The van der Waals surface area contributed by atoms with Crippen LogP contribution in [0.5, 0.6) is 0 Å². The maximum atomic E-state index is 12.3. The Kier molecular flexibility index (Phi) is 3.76. The lowest BCUT2D eigenvalue weighted by Crippen LogP contribution is -2.11. The Balaban J connectivity index is 1.87. The van der Waals surface area contributed by atoms with Gasteiger partial charge in [-0.15, -0.1) is 0 Å². The summed E-state index contributed by atoms with van der Waals surface area (Å²) in [7, 11) is 0. The molecule has 21 heavy (non-hydrogen) atoms. The summed E-state index contributed by atoms with van der Waals surface area (Å²) >= 11 is 3.44.